The number of hydrogen-bond donors (Lipinski definition) is 3. The lowest BCUT2D eigenvalue weighted by molar-refractivity contribution is 0.0120. The Kier molecular flexibility index (Phi) is 7.44. The molecule has 0 aliphatic carbocycles. The minimum atomic E-state index is -1.29. The highest BCUT2D eigenvalue weighted by molar-refractivity contribution is 5.67. The van der Waals surface area contributed by atoms with Gasteiger partial charge >= 0.3 is 6.09 Å². The van der Waals surface area contributed by atoms with E-state index in [0.717, 1.165) is 6.07 Å². The van der Waals surface area contributed by atoms with Crippen molar-refractivity contribution in [2.75, 3.05) is 13.2 Å². The molecule has 0 bridgehead atoms. The zero-order valence-corrected chi connectivity index (χ0v) is 14.5. The van der Waals surface area contributed by atoms with Crippen LogP contribution in [0.4, 0.5) is 9.18 Å². The maximum atomic E-state index is 13.5. The molecule has 0 saturated carbocycles. The van der Waals surface area contributed by atoms with Crippen LogP contribution in [0, 0.1) is 5.82 Å². The summed E-state index contributed by atoms with van der Waals surface area (Å²) in [6.07, 6.45) is -2.98. The fourth-order valence-electron chi connectivity index (χ4n) is 2.02. The van der Waals surface area contributed by atoms with E-state index >= 15 is 0 Å². The van der Waals surface area contributed by atoms with E-state index in [9.17, 15) is 19.4 Å². The summed E-state index contributed by atoms with van der Waals surface area (Å²) in [5.74, 6) is -0.278. The van der Waals surface area contributed by atoms with E-state index in [1.165, 1.54) is 12.1 Å². The van der Waals surface area contributed by atoms with Crippen molar-refractivity contribution in [1.29, 1.82) is 0 Å². The van der Waals surface area contributed by atoms with Crippen LogP contribution in [0.5, 0.6) is 5.75 Å². The van der Waals surface area contributed by atoms with Gasteiger partial charge in [-0.05, 0) is 51.8 Å². The fourth-order valence-corrected chi connectivity index (χ4v) is 2.02. The van der Waals surface area contributed by atoms with Crippen LogP contribution in [0.25, 0.3) is 0 Å². The molecule has 136 valence electrons. The summed E-state index contributed by atoms with van der Waals surface area (Å²) < 4.78 is 23.8. The molecule has 0 aliphatic rings. The number of hydrogen-bond acceptors (Lipinski definition) is 5. The highest BCUT2D eigenvalue weighted by Crippen LogP contribution is 2.24. The summed E-state index contributed by atoms with van der Waals surface area (Å²) in [6.45, 7) is 7.46. The molecule has 2 atom stereocenters. The number of carbonyl (C=O) groups excluding carboxylic acids is 1. The number of aliphatic hydroxyl groups excluding tert-OH is 2. The van der Waals surface area contributed by atoms with Gasteiger partial charge in [0.15, 0.2) is 0 Å². The Morgan fingerprint density at radius 2 is 1.96 bits per heavy atom. The molecule has 6 nitrogen and oxygen atoms in total. The number of alkyl carbamates (subject to hydrolysis) is 1. The van der Waals surface area contributed by atoms with E-state index in [-0.39, 0.29) is 24.3 Å². The highest BCUT2D eigenvalue weighted by atomic mass is 19.1. The summed E-state index contributed by atoms with van der Waals surface area (Å²) in [4.78, 5) is 11.5. The smallest absolute Gasteiger partial charge is 0.407 e. The van der Waals surface area contributed by atoms with Crippen molar-refractivity contribution in [1.82, 2.24) is 5.32 Å². The van der Waals surface area contributed by atoms with Crippen LogP contribution in [0.1, 0.15) is 45.8 Å². The lowest BCUT2D eigenvalue weighted by Crippen LogP contribution is -2.34. The molecule has 0 fully saturated rings. The van der Waals surface area contributed by atoms with Crippen LogP contribution in [0.15, 0.2) is 18.2 Å². The maximum absolute atomic E-state index is 13.5. The van der Waals surface area contributed by atoms with Crippen LogP contribution >= 0.6 is 0 Å². The predicted octanol–water partition coefficient (Wildman–Crippen LogP) is 2.53. The average molecular weight is 343 g/mol. The minimum Gasteiger partial charge on any atom is -0.494 e. The Bertz CT molecular complexity index is 544. The van der Waals surface area contributed by atoms with Gasteiger partial charge in [-0.15, -0.1) is 0 Å². The van der Waals surface area contributed by atoms with E-state index in [1.807, 2.05) is 0 Å². The molecule has 7 heteroatoms. The molecule has 2 unspecified atom stereocenters. The molecule has 0 heterocycles. The summed E-state index contributed by atoms with van der Waals surface area (Å²) in [6, 6.07) is 3.82. The molecule has 0 radical (unpaired) electrons. The van der Waals surface area contributed by atoms with Crippen LogP contribution in [-0.2, 0) is 4.74 Å². The zero-order valence-electron chi connectivity index (χ0n) is 14.5. The number of ether oxygens (including phenoxy) is 2. The molecule has 3 N–H and O–H groups in total. The Labute approximate surface area is 141 Å². The normalized spacial score (nSPS) is 14.0. The SMILES string of the molecule is CCOc1cc(F)cc(C(O)C(O)CCNC(=O)OC(C)(C)C)c1. The van der Waals surface area contributed by atoms with Crippen molar-refractivity contribution >= 4 is 6.09 Å². The van der Waals surface area contributed by atoms with Gasteiger partial charge in [0.1, 0.15) is 23.3 Å². The first-order valence-electron chi connectivity index (χ1n) is 7.88. The van der Waals surface area contributed by atoms with E-state index < -0.39 is 29.7 Å². The van der Waals surface area contributed by atoms with Crippen LogP contribution < -0.4 is 10.1 Å². The van der Waals surface area contributed by atoms with Crippen molar-refractivity contribution in [2.24, 2.45) is 0 Å². The quantitative estimate of drug-likeness (QED) is 0.708. The second kappa shape index (κ2) is 8.84. The largest absolute Gasteiger partial charge is 0.494 e. The van der Waals surface area contributed by atoms with Gasteiger partial charge in [0.2, 0.25) is 0 Å². The van der Waals surface area contributed by atoms with E-state index in [2.05, 4.69) is 5.32 Å². The number of nitrogens with one attached hydrogen (secondary N) is 1. The number of amides is 1. The minimum absolute atomic E-state index is 0.0842. The van der Waals surface area contributed by atoms with Gasteiger partial charge in [-0.3, -0.25) is 0 Å². The first-order chi connectivity index (χ1) is 11.1. The molecule has 0 aromatic heterocycles. The molecule has 0 spiro atoms. The van der Waals surface area contributed by atoms with Crippen molar-refractivity contribution in [3.8, 4) is 5.75 Å². The van der Waals surface area contributed by atoms with Gasteiger partial charge in [0.05, 0.1) is 12.7 Å². The number of aliphatic hydroxyl groups is 2. The highest BCUT2D eigenvalue weighted by Gasteiger charge is 2.21. The molecule has 0 aliphatic heterocycles. The molecule has 1 rings (SSSR count). The molecule has 24 heavy (non-hydrogen) atoms. The van der Waals surface area contributed by atoms with E-state index in [4.69, 9.17) is 9.47 Å². The third-order valence-electron chi connectivity index (χ3n) is 3.02. The van der Waals surface area contributed by atoms with Crippen LogP contribution in [-0.4, -0.2) is 41.2 Å². The monoisotopic (exact) mass is 343 g/mol. The molecule has 1 amide bonds. The van der Waals surface area contributed by atoms with Crippen molar-refractivity contribution < 1.29 is 28.9 Å². The van der Waals surface area contributed by atoms with Crippen molar-refractivity contribution in [3.05, 3.63) is 29.6 Å². The summed E-state index contributed by atoms with van der Waals surface area (Å²) in [5.41, 5.74) is -0.400. The number of carbonyl (C=O) groups is 1. The molecule has 1 aromatic rings. The predicted molar refractivity (Wildman–Crippen MR) is 87.4 cm³/mol. The molecule has 0 saturated heterocycles. The molecular formula is C17H26FNO5. The van der Waals surface area contributed by atoms with Gasteiger partial charge in [0.25, 0.3) is 0 Å². The Morgan fingerprint density at radius 1 is 1.29 bits per heavy atom. The second-order valence-electron chi connectivity index (χ2n) is 6.38. The summed E-state index contributed by atoms with van der Waals surface area (Å²) in [7, 11) is 0. The van der Waals surface area contributed by atoms with E-state index in [1.54, 1.807) is 27.7 Å². The van der Waals surface area contributed by atoms with Crippen LogP contribution in [0.2, 0.25) is 0 Å². The fraction of sp³-hybridized carbons (Fsp3) is 0.588. The number of halogens is 1. The first kappa shape index (κ1) is 20.2. The second-order valence-corrected chi connectivity index (χ2v) is 6.38. The third-order valence-corrected chi connectivity index (χ3v) is 3.02. The first-order valence-corrected chi connectivity index (χ1v) is 7.88. The van der Waals surface area contributed by atoms with Gasteiger partial charge in [0, 0.05) is 12.6 Å². The van der Waals surface area contributed by atoms with Gasteiger partial charge in [-0.2, -0.15) is 0 Å². The van der Waals surface area contributed by atoms with Crippen LogP contribution in [0.3, 0.4) is 0 Å². The number of rotatable bonds is 7. The average Bonchev–Trinajstić information content (AvgIpc) is 2.44. The topological polar surface area (TPSA) is 88.0 Å². The van der Waals surface area contributed by atoms with Gasteiger partial charge < -0.3 is 25.0 Å². The lowest BCUT2D eigenvalue weighted by atomic mass is 10.0. The standard InChI is InChI=1S/C17H26FNO5/c1-5-23-13-9-11(8-12(18)10-13)15(21)14(20)6-7-19-16(22)24-17(2,3)4/h8-10,14-15,20-21H,5-7H2,1-4H3,(H,19,22). The number of benzene rings is 1. The van der Waals surface area contributed by atoms with Crippen molar-refractivity contribution in [3.63, 3.8) is 0 Å². The third kappa shape index (κ3) is 7.14. The zero-order chi connectivity index (χ0) is 18.3. The Balaban J connectivity index is 2.56. The Hall–Kier alpha value is -1.86. The molecule has 1 aromatic carbocycles. The molecular weight excluding hydrogens is 317 g/mol. The van der Waals surface area contributed by atoms with Gasteiger partial charge in [-0.1, -0.05) is 0 Å². The Morgan fingerprint density at radius 3 is 2.54 bits per heavy atom. The summed E-state index contributed by atoms with van der Waals surface area (Å²) >= 11 is 0. The van der Waals surface area contributed by atoms with Crippen molar-refractivity contribution in [2.45, 2.75) is 51.9 Å². The van der Waals surface area contributed by atoms with Gasteiger partial charge in [-0.25, -0.2) is 9.18 Å². The summed E-state index contributed by atoms with van der Waals surface area (Å²) in [5, 5.41) is 22.7. The maximum Gasteiger partial charge on any atom is 0.407 e. The lowest BCUT2D eigenvalue weighted by Gasteiger charge is -2.21. The van der Waals surface area contributed by atoms with E-state index in [0.29, 0.717) is 6.61 Å².